The average Bonchev–Trinajstić information content (AvgIpc) is 3.23. The molecule has 1 heterocycles. The van der Waals surface area contributed by atoms with Gasteiger partial charge in [-0.05, 0) is 16.8 Å². The lowest BCUT2D eigenvalue weighted by Gasteiger charge is -2.02. The average molecular weight is 385 g/mol. The van der Waals surface area contributed by atoms with E-state index in [9.17, 15) is 14.9 Å². The molecule has 0 saturated heterocycles. The highest BCUT2D eigenvalue weighted by Gasteiger charge is 2.12. The van der Waals surface area contributed by atoms with Crippen LogP contribution in [-0.2, 0) is 0 Å². The first-order chi connectivity index (χ1) is 14.1. The summed E-state index contributed by atoms with van der Waals surface area (Å²) >= 11 is 0. The number of fused-ring (bicyclic) bond motifs is 1. The highest BCUT2D eigenvalue weighted by molar-refractivity contribution is 5.98. The van der Waals surface area contributed by atoms with Crippen LogP contribution in [0.1, 0.15) is 16.1 Å². The Balaban J connectivity index is 1.50. The van der Waals surface area contributed by atoms with Crippen molar-refractivity contribution in [3.8, 4) is 11.3 Å². The minimum Gasteiger partial charge on any atom is -0.272 e. The number of non-ortho nitro benzene ring substituents is 1. The number of amides is 1. The Kier molecular flexibility index (Phi) is 4.81. The smallest absolute Gasteiger partial charge is 0.272 e. The van der Waals surface area contributed by atoms with Gasteiger partial charge in [0.25, 0.3) is 11.6 Å². The predicted octanol–water partition coefficient (Wildman–Crippen LogP) is 3.90. The van der Waals surface area contributed by atoms with Gasteiger partial charge >= 0.3 is 0 Å². The second-order valence-corrected chi connectivity index (χ2v) is 6.24. The zero-order valence-corrected chi connectivity index (χ0v) is 15.1. The summed E-state index contributed by atoms with van der Waals surface area (Å²) in [5.74, 6) is -0.467. The number of hydrazone groups is 1. The highest BCUT2D eigenvalue weighted by Crippen LogP contribution is 2.27. The van der Waals surface area contributed by atoms with E-state index in [2.05, 4.69) is 20.7 Å². The summed E-state index contributed by atoms with van der Waals surface area (Å²) in [6.45, 7) is 0. The quantitative estimate of drug-likeness (QED) is 0.308. The maximum atomic E-state index is 12.3. The first-order valence-electron chi connectivity index (χ1n) is 8.73. The molecule has 0 aliphatic carbocycles. The number of aromatic amines is 1. The number of benzene rings is 3. The number of rotatable bonds is 5. The van der Waals surface area contributed by atoms with E-state index < -0.39 is 10.8 Å². The summed E-state index contributed by atoms with van der Waals surface area (Å²) in [7, 11) is 0. The molecular weight excluding hydrogens is 370 g/mol. The van der Waals surface area contributed by atoms with Crippen LogP contribution in [-0.4, -0.2) is 27.2 Å². The molecule has 0 aliphatic rings. The van der Waals surface area contributed by atoms with Crippen molar-refractivity contribution in [3.63, 3.8) is 0 Å². The fourth-order valence-corrected chi connectivity index (χ4v) is 2.97. The van der Waals surface area contributed by atoms with Crippen LogP contribution in [0.25, 0.3) is 22.0 Å². The van der Waals surface area contributed by atoms with E-state index in [1.165, 1.54) is 18.3 Å². The summed E-state index contributed by atoms with van der Waals surface area (Å²) in [5, 5.41) is 23.7. The molecule has 4 aromatic rings. The van der Waals surface area contributed by atoms with E-state index in [1.54, 1.807) is 18.2 Å². The Morgan fingerprint density at radius 3 is 2.72 bits per heavy atom. The molecule has 29 heavy (non-hydrogen) atoms. The number of aromatic nitrogens is 2. The number of carbonyl (C=O) groups is 1. The fraction of sp³-hybridized carbons (Fsp3) is 0. The third kappa shape index (κ3) is 3.86. The summed E-state index contributed by atoms with van der Waals surface area (Å²) in [6, 6.07) is 21.4. The molecule has 4 rings (SSSR count). The van der Waals surface area contributed by atoms with Crippen LogP contribution in [0, 0.1) is 10.1 Å². The van der Waals surface area contributed by atoms with E-state index in [1.807, 2.05) is 42.5 Å². The van der Waals surface area contributed by atoms with Crippen LogP contribution < -0.4 is 5.43 Å². The monoisotopic (exact) mass is 385 g/mol. The first-order valence-corrected chi connectivity index (χ1v) is 8.73. The van der Waals surface area contributed by atoms with E-state index in [4.69, 9.17) is 0 Å². The van der Waals surface area contributed by atoms with E-state index >= 15 is 0 Å². The molecule has 0 bridgehead atoms. The molecule has 0 unspecified atom stereocenters. The highest BCUT2D eigenvalue weighted by atomic mass is 16.6. The Labute approximate surface area is 165 Å². The predicted molar refractivity (Wildman–Crippen MR) is 110 cm³/mol. The van der Waals surface area contributed by atoms with Crippen molar-refractivity contribution >= 4 is 28.6 Å². The Hall–Kier alpha value is -4.33. The van der Waals surface area contributed by atoms with E-state index in [0.717, 1.165) is 16.3 Å². The number of H-pyrrole nitrogens is 1. The number of nitrogens with one attached hydrogen (secondary N) is 2. The number of hydrogen-bond donors (Lipinski definition) is 2. The van der Waals surface area contributed by atoms with Gasteiger partial charge in [-0.3, -0.25) is 20.0 Å². The second kappa shape index (κ2) is 7.73. The standard InChI is InChI=1S/C21H15N5O3/c27-21(25-22-13-14-5-3-8-16(11-14)26(28)29)20-12-19(23-24-20)18-10-4-7-15-6-1-2-9-17(15)18/h1-13H,(H,23,24)(H,25,27)/b22-13-. The molecule has 1 amide bonds. The van der Waals surface area contributed by atoms with Crippen molar-refractivity contribution in [2.24, 2.45) is 5.10 Å². The van der Waals surface area contributed by atoms with E-state index in [0.29, 0.717) is 11.3 Å². The summed E-state index contributed by atoms with van der Waals surface area (Å²) in [4.78, 5) is 22.6. The van der Waals surface area contributed by atoms with Gasteiger partial charge in [0, 0.05) is 23.3 Å². The van der Waals surface area contributed by atoms with Crippen molar-refractivity contribution < 1.29 is 9.72 Å². The molecule has 0 atom stereocenters. The molecule has 0 aliphatic heterocycles. The molecule has 0 fully saturated rings. The Bertz CT molecular complexity index is 1240. The fourth-order valence-electron chi connectivity index (χ4n) is 2.97. The molecule has 142 valence electrons. The number of carbonyl (C=O) groups excluding carboxylic acids is 1. The van der Waals surface area contributed by atoms with Gasteiger partial charge in [-0.25, -0.2) is 5.43 Å². The van der Waals surface area contributed by atoms with Gasteiger partial charge in [0.15, 0.2) is 0 Å². The number of hydrogen-bond acceptors (Lipinski definition) is 5. The van der Waals surface area contributed by atoms with Crippen molar-refractivity contribution in [3.05, 3.63) is 94.2 Å². The van der Waals surface area contributed by atoms with Crippen molar-refractivity contribution in [1.29, 1.82) is 0 Å². The zero-order valence-electron chi connectivity index (χ0n) is 15.1. The molecule has 0 saturated carbocycles. The topological polar surface area (TPSA) is 113 Å². The van der Waals surface area contributed by atoms with Crippen LogP contribution >= 0.6 is 0 Å². The normalized spacial score (nSPS) is 11.0. The van der Waals surface area contributed by atoms with Gasteiger partial charge < -0.3 is 0 Å². The SMILES string of the molecule is O=C(N/N=C\c1cccc([N+](=O)[O-])c1)c1cc(-c2cccc3ccccc23)n[nH]1. The van der Waals surface area contributed by atoms with Crippen LogP contribution in [0.3, 0.4) is 0 Å². The Morgan fingerprint density at radius 1 is 1.07 bits per heavy atom. The van der Waals surface area contributed by atoms with Gasteiger partial charge in [0.2, 0.25) is 0 Å². The molecule has 2 N–H and O–H groups in total. The van der Waals surface area contributed by atoms with Gasteiger partial charge in [-0.1, -0.05) is 54.6 Å². The second-order valence-electron chi connectivity index (χ2n) is 6.24. The third-order valence-corrected chi connectivity index (χ3v) is 4.35. The minimum absolute atomic E-state index is 0.0476. The number of nitrogens with zero attached hydrogens (tertiary/aromatic N) is 3. The molecule has 8 nitrogen and oxygen atoms in total. The number of nitro benzene ring substituents is 1. The van der Waals surface area contributed by atoms with Crippen LogP contribution in [0.5, 0.6) is 0 Å². The van der Waals surface area contributed by atoms with E-state index in [-0.39, 0.29) is 11.4 Å². The van der Waals surface area contributed by atoms with Crippen LogP contribution in [0.2, 0.25) is 0 Å². The molecule has 0 radical (unpaired) electrons. The van der Waals surface area contributed by atoms with Gasteiger partial charge in [0.1, 0.15) is 5.69 Å². The van der Waals surface area contributed by atoms with Crippen LogP contribution in [0.4, 0.5) is 5.69 Å². The molecule has 0 spiro atoms. The van der Waals surface area contributed by atoms with Crippen molar-refractivity contribution in [2.75, 3.05) is 0 Å². The zero-order chi connectivity index (χ0) is 20.2. The lowest BCUT2D eigenvalue weighted by Crippen LogP contribution is -2.18. The lowest BCUT2D eigenvalue weighted by atomic mass is 10.0. The van der Waals surface area contributed by atoms with Gasteiger partial charge in [-0.15, -0.1) is 0 Å². The Morgan fingerprint density at radius 2 is 1.86 bits per heavy atom. The first kappa shape index (κ1) is 18.1. The third-order valence-electron chi connectivity index (χ3n) is 4.35. The summed E-state index contributed by atoms with van der Waals surface area (Å²) in [5.41, 5.74) is 4.66. The largest absolute Gasteiger partial charge is 0.289 e. The van der Waals surface area contributed by atoms with Crippen molar-refractivity contribution in [2.45, 2.75) is 0 Å². The number of nitro groups is 1. The summed E-state index contributed by atoms with van der Waals surface area (Å²) < 4.78 is 0. The lowest BCUT2D eigenvalue weighted by molar-refractivity contribution is -0.384. The molecule has 1 aromatic heterocycles. The molecule has 3 aromatic carbocycles. The van der Waals surface area contributed by atoms with Crippen LogP contribution in [0.15, 0.2) is 77.9 Å². The van der Waals surface area contributed by atoms with Gasteiger partial charge in [0.05, 0.1) is 16.8 Å². The molecular formula is C21H15N5O3. The maximum Gasteiger partial charge on any atom is 0.289 e. The van der Waals surface area contributed by atoms with Gasteiger partial charge in [-0.2, -0.15) is 10.2 Å². The maximum absolute atomic E-state index is 12.3. The van der Waals surface area contributed by atoms with Crippen molar-refractivity contribution in [1.82, 2.24) is 15.6 Å². The minimum atomic E-state index is -0.491. The summed E-state index contributed by atoms with van der Waals surface area (Å²) in [6.07, 6.45) is 1.34. The molecule has 8 heteroatoms.